The summed E-state index contributed by atoms with van der Waals surface area (Å²) in [6, 6.07) is 4.87. The molecule has 0 aromatic heterocycles. The molecule has 22 heavy (non-hydrogen) atoms. The average Bonchev–Trinajstić information content (AvgIpc) is 2.36. The Hall–Kier alpha value is -1.62. The summed E-state index contributed by atoms with van der Waals surface area (Å²) in [5.41, 5.74) is -2.78. The van der Waals surface area contributed by atoms with Gasteiger partial charge in [-0.25, -0.2) is 9.18 Å². The van der Waals surface area contributed by atoms with Crippen LogP contribution in [0.25, 0.3) is 0 Å². The molecule has 2 unspecified atom stereocenters. The summed E-state index contributed by atoms with van der Waals surface area (Å²) in [5.74, 6) is -0.729. The molecule has 0 saturated carbocycles. The monoisotopic (exact) mass is 329 g/mol. The summed E-state index contributed by atoms with van der Waals surface area (Å²) >= 11 is 5.74. The maximum absolute atomic E-state index is 14.8. The lowest BCUT2D eigenvalue weighted by Gasteiger charge is -2.28. The highest BCUT2D eigenvalue weighted by Gasteiger charge is 2.41. The van der Waals surface area contributed by atoms with Crippen molar-refractivity contribution in [2.24, 2.45) is 0 Å². The minimum Gasteiger partial charge on any atom is -0.444 e. The fraction of sp³-hybridized carbons (Fsp3) is 0.500. The quantitative estimate of drug-likeness (QED) is 0.844. The number of alkyl carbamates (subject to hydrolysis) is 1. The number of Topliss-reactive ketones (excluding diaryl/α,β-unsaturated/α-hetero) is 1. The highest BCUT2D eigenvalue weighted by Crippen LogP contribution is 2.23. The molecule has 0 bridgehead atoms. The Bertz CT molecular complexity index is 550. The Morgan fingerprint density at radius 1 is 1.18 bits per heavy atom. The molecular formula is C16H21ClFNO3. The molecule has 1 aromatic rings. The van der Waals surface area contributed by atoms with E-state index in [0.717, 1.165) is 6.92 Å². The normalized spacial score (nSPS) is 15.6. The van der Waals surface area contributed by atoms with Gasteiger partial charge >= 0.3 is 6.09 Å². The van der Waals surface area contributed by atoms with Crippen LogP contribution < -0.4 is 5.32 Å². The SMILES string of the molecule is CC(NC(=O)OC(C)(C)C)C(C)(F)C(=O)c1ccc(Cl)cc1. The van der Waals surface area contributed by atoms with Gasteiger partial charge < -0.3 is 10.1 Å². The van der Waals surface area contributed by atoms with Crippen molar-refractivity contribution in [1.82, 2.24) is 5.32 Å². The van der Waals surface area contributed by atoms with Gasteiger partial charge in [0.15, 0.2) is 5.67 Å². The number of carbonyl (C=O) groups is 2. The first-order chi connectivity index (χ1) is 9.93. The van der Waals surface area contributed by atoms with E-state index >= 15 is 0 Å². The minimum atomic E-state index is -2.27. The van der Waals surface area contributed by atoms with Crippen LogP contribution in [0.3, 0.4) is 0 Å². The average molecular weight is 330 g/mol. The van der Waals surface area contributed by atoms with Gasteiger partial charge in [-0.15, -0.1) is 0 Å². The van der Waals surface area contributed by atoms with Crippen molar-refractivity contribution in [3.05, 3.63) is 34.9 Å². The molecule has 0 fully saturated rings. The lowest BCUT2D eigenvalue weighted by molar-refractivity contribution is 0.0404. The molecule has 0 saturated heterocycles. The number of ketones is 1. The smallest absolute Gasteiger partial charge is 0.407 e. The maximum Gasteiger partial charge on any atom is 0.407 e. The second-order valence-electron chi connectivity index (χ2n) is 6.28. The van der Waals surface area contributed by atoms with Crippen LogP contribution in [0.1, 0.15) is 45.0 Å². The van der Waals surface area contributed by atoms with E-state index in [9.17, 15) is 14.0 Å². The molecule has 1 aromatic carbocycles. The van der Waals surface area contributed by atoms with Crippen LogP contribution in [0.15, 0.2) is 24.3 Å². The second kappa shape index (κ2) is 6.65. The van der Waals surface area contributed by atoms with Gasteiger partial charge in [0.05, 0.1) is 6.04 Å². The number of carbonyl (C=O) groups excluding carboxylic acids is 2. The Labute approximate surface area is 135 Å². The molecule has 0 aliphatic heterocycles. The first-order valence-corrected chi connectivity index (χ1v) is 7.30. The summed E-state index contributed by atoms with van der Waals surface area (Å²) in [4.78, 5) is 24.0. The molecule has 4 nitrogen and oxygen atoms in total. The van der Waals surface area contributed by atoms with E-state index < -0.39 is 29.2 Å². The van der Waals surface area contributed by atoms with E-state index in [2.05, 4.69) is 5.32 Å². The van der Waals surface area contributed by atoms with Crippen LogP contribution in [-0.4, -0.2) is 29.2 Å². The van der Waals surface area contributed by atoms with E-state index in [-0.39, 0.29) is 5.56 Å². The number of hydrogen-bond acceptors (Lipinski definition) is 3. The van der Waals surface area contributed by atoms with Gasteiger partial charge in [-0.3, -0.25) is 4.79 Å². The number of amides is 1. The van der Waals surface area contributed by atoms with E-state index in [0.29, 0.717) is 5.02 Å². The van der Waals surface area contributed by atoms with Crippen LogP contribution in [-0.2, 0) is 4.74 Å². The number of nitrogens with one attached hydrogen (secondary N) is 1. The molecule has 0 aliphatic carbocycles. The van der Waals surface area contributed by atoms with Gasteiger partial charge in [-0.2, -0.15) is 0 Å². The maximum atomic E-state index is 14.8. The van der Waals surface area contributed by atoms with E-state index in [1.54, 1.807) is 20.8 Å². The number of hydrogen-bond donors (Lipinski definition) is 1. The van der Waals surface area contributed by atoms with Crippen molar-refractivity contribution in [2.45, 2.75) is 51.9 Å². The molecule has 0 heterocycles. The van der Waals surface area contributed by atoms with Crippen molar-refractivity contribution in [1.29, 1.82) is 0 Å². The number of alkyl halides is 1. The van der Waals surface area contributed by atoms with Gasteiger partial charge in [0.1, 0.15) is 5.60 Å². The number of ether oxygens (including phenoxy) is 1. The van der Waals surface area contributed by atoms with Gasteiger partial charge in [0.25, 0.3) is 0 Å². The van der Waals surface area contributed by atoms with Crippen molar-refractivity contribution in [2.75, 3.05) is 0 Å². The Morgan fingerprint density at radius 2 is 1.68 bits per heavy atom. The van der Waals surface area contributed by atoms with Crippen LogP contribution in [0.2, 0.25) is 5.02 Å². The van der Waals surface area contributed by atoms with Crippen molar-refractivity contribution in [3.8, 4) is 0 Å². The third kappa shape index (κ3) is 4.98. The van der Waals surface area contributed by atoms with Crippen molar-refractivity contribution in [3.63, 3.8) is 0 Å². The van der Waals surface area contributed by atoms with Gasteiger partial charge in [-0.05, 0) is 58.9 Å². The largest absolute Gasteiger partial charge is 0.444 e. The zero-order valence-corrected chi connectivity index (χ0v) is 14.1. The molecule has 6 heteroatoms. The lowest BCUT2D eigenvalue weighted by Crippen LogP contribution is -2.52. The molecule has 122 valence electrons. The molecule has 1 N–H and O–H groups in total. The van der Waals surface area contributed by atoms with Gasteiger partial charge in [-0.1, -0.05) is 11.6 Å². The number of rotatable bonds is 4. The number of halogens is 2. The molecule has 2 atom stereocenters. The van der Waals surface area contributed by atoms with Crippen molar-refractivity contribution >= 4 is 23.5 Å². The molecule has 1 amide bonds. The summed E-state index contributed by atoms with van der Waals surface area (Å²) in [6.07, 6.45) is -0.771. The summed E-state index contributed by atoms with van der Waals surface area (Å²) in [5, 5.41) is 2.81. The number of benzene rings is 1. The molecular weight excluding hydrogens is 309 g/mol. The third-order valence-electron chi connectivity index (χ3n) is 3.10. The van der Waals surface area contributed by atoms with Crippen molar-refractivity contribution < 1.29 is 18.7 Å². The minimum absolute atomic E-state index is 0.187. The highest BCUT2D eigenvalue weighted by atomic mass is 35.5. The fourth-order valence-corrected chi connectivity index (χ4v) is 1.83. The van der Waals surface area contributed by atoms with E-state index in [1.165, 1.54) is 31.2 Å². The summed E-state index contributed by atoms with van der Waals surface area (Å²) in [6.45, 7) is 7.64. The fourth-order valence-electron chi connectivity index (χ4n) is 1.70. The third-order valence-corrected chi connectivity index (χ3v) is 3.35. The molecule has 1 rings (SSSR count). The summed E-state index contributed by atoms with van der Waals surface area (Å²) in [7, 11) is 0. The molecule has 0 spiro atoms. The Balaban J connectivity index is 2.81. The second-order valence-corrected chi connectivity index (χ2v) is 6.72. The Kier molecular flexibility index (Phi) is 5.57. The van der Waals surface area contributed by atoms with E-state index in [4.69, 9.17) is 16.3 Å². The highest BCUT2D eigenvalue weighted by molar-refractivity contribution is 6.30. The Morgan fingerprint density at radius 3 is 2.14 bits per heavy atom. The predicted octanol–water partition coefficient (Wildman–Crippen LogP) is 4.16. The first kappa shape index (κ1) is 18.4. The molecule has 0 aliphatic rings. The van der Waals surface area contributed by atoms with Crippen LogP contribution in [0.5, 0.6) is 0 Å². The van der Waals surface area contributed by atoms with Crippen LogP contribution in [0, 0.1) is 0 Å². The van der Waals surface area contributed by atoms with Crippen LogP contribution >= 0.6 is 11.6 Å². The lowest BCUT2D eigenvalue weighted by atomic mass is 9.90. The zero-order valence-electron chi connectivity index (χ0n) is 13.4. The van der Waals surface area contributed by atoms with Gasteiger partial charge in [0.2, 0.25) is 5.78 Å². The van der Waals surface area contributed by atoms with Gasteiger partial charge in [0, 0.05) is 10.6 Å². The topological polar surface area (TPSA) is 55.4 Å². The summed E-state index contributed by atoms with van der Waals surface area (Å²) < 4.78 is 19.9. The predicted molar refractivity (Wildman–Crippen MR) is 84.1 cm³/mol. The first-order valence-electron chi connectivity index (χ1n) is 6.92. The molecule has 0 radical (unpaired) electrons. The van der Waals surface area contributed by atoms with Crippen LogP contribution in [0.4, 0.5) is 9.18 Å². The standard InChI is InChI=1S/C16H21ClFNO3/c1-10(19-14(21)22-15(2,3)4)16(5,18)13(20)11-6-8-12(17)9-7-11/h6-10H,1-5H3,(H,19,21). The van der Waals surface area contributed by atoms with E-state index in [1.807, 2.05) is 0 Å². The zero-order chi connectivity index (χ0) is 17.1.